The number of hydrogen-bond donors (Lipinski definition) is 1. The van der Waals surface area contributed by atoms with Gasteiger partial charge >= 0.3 is 5.97 Å². The third-order valence-corrected chi connectivity index (χ3v) is 3.71. The number of ketones is 1. The predicted molar refractivity (Wildman–Crippen MR) is 91.7 cm³/mol. The van der Waals surface area contributed by atoms with Gasteiger partial charge in [-0.15, -0.1) is 0 Å². The van der Waals surface area contributed by atoms with Gasteiger partial charge in [-0.2, -0.15) is 0 Å². The molecule has 1 aliphatic heterocycles. The van der Waals surface area contributed by atoms with Crippen LogP contribution in [-0.4, -0.2) is 41.7 Å². The summed E-state index contributed by atoms with van der Waals surface area (Å²) in [6, 6.07) is 9.83. The number of carbonyl (C=O) groups is 4. The highest BCUT2D eigenvalue weighted by molar-refractivity contribution is 6.52. The molecule has 2 amide bonds. The number of esters is 1. The van der Waals surface area contributed by atoms with Gasteiger partial charge in [-0.25, -0.2) is 4.98 Å². The first-order valence-corrected chi connectivity index (χ1v) is 7.79. The maximum atomic E-state index is 12.0. The molecule has 0 unspecified atom stereocenters. The average molecular weight is 353 g/mol. The van der Waals surface area contributed by atoms with Crippen LogP contribution in [0.1, 0.15) is 15.9 Å². The summed E-state index contributed by atoms with van der Waals surface area (Å²) in [4.78, 5) is 52.6. The number of benzene rings is 1. The van der Waals surface area contributed by atoms with Crippen LogP contribution >= 0.6 is 0 Å². The molecule has 0 bridgehead atoms. The van der Waals surface area contributed by atoms with Crippen LogP contribution < -0.4 is 10.2 Å². The van der Waals surface area contributed by atoms with Crippen molar-refractivity contribution in [3.05, 3.63) is 53.7 Å². The second kappa shape index (κ2) is 7.14. The van der Waals surface area contributed by atoms with E-state index >= 15 is 0 Å². The average Bonchev–Trinajstić information content (AvgIpc) is 2.85. The van der Waals surface area contributed by atoms with Gasteiger partial charge in [-0.1, -0.05) is 12.1 Å². The zero-order valence-electron chi connectivity index (χ0n) is 13.9. The smallest absolute Gasteiger partial charge is 0.326 e. The summed E-state index contributed by atoms with van der Waals surface area (Å²) in [6.07, 6.45) is 1.55. The van der Waals surface area contributed by atoms with E-state index in [1.165, 1.54) is 6.07 Å². The topological polar surface area (TPSA) is 106 Å². The van der Waals surface area contributed by atoms with E-state index in [-0.39, 0.29) is 5.56 Å². The Kier molecular flexibility index (Phi) is 4.74. The molecule has 0 aliphatic carbocycles. The molecule has 0 atom stereocenters. The number of carbonyl (C=O) groups excluding carboxylic acids is 4. The normalized spacial score (nSPS) is 12.7. The number of ether oxygens (including phenoxy) is 1. The summed E-state index contributed by atoms with van der Waals surface area (Å²) >= 11 is 0. The van der Waals surface area contributed by atoms with E-state index in [0.717, 1.165) is 10.5 Å². The Bertz CT molecular complexity index is 909. The first-order chi connectivity index (χ1) is 12.5. The van der Waals surface area contributed by atoms with E-state index in [0.29, 0.717) is 11.5 Å². The maximum absolute atomic E-state index is 12.0. The van der Waals surface area contributed by atoms with Crippen molar-refractivity contribution < 1.29 is 23.9 Å². The fraction of sp³-hybridized carbons (Fsp3) is 0.167. The van der Waals surface area contributed by atoms with E-state index in [9.17, 15) is 19.2 Å². The van der Waals surface area contributed by atoms with E-state index in [2.05, 4.69) is 10.3 Å². The molecule has 1 N–H and O–H groups in total. The van der Waals surface area contributed by atoms with E-state index in [1.807, 2.05) is 6.92 Å². The monoisotopic (exact) mass is 353 g/mol. The summed E-state index contributed by atoms with van der Waals surface area (Å²) < 4.78 is 4.88. The number of amides is 2. The Morgan fingerprint density at radius 3 is 2.73 bits per heavy atom. The molecule has 0 saturated heterocycles. The lowest BCUT2D eigenvalue weighted by Crippen LogP contribution is -2.36. The fourth-order valence-electron chi connectivity index (χ4n) is 2.51. The van der Waals surface area contributed by atoms with Crippen LogP contribution in [0.5, 0.6) is 0 Å². The zero-order chi connectivity index (χ0) is 18.7. The Hall–Kier alpha value is -3.55. The highest BCUT2D eigenvalue weighted by atomic mass is 16.5. The van der Waals surface area contributed by atoms with Gasteiger partial charge in [-0.3, -0.25) is 24.1 Å². The van der Waals surface area contributed by atoms with Gasteiger partial charge in [0.15, 0.2) is 6.61 Å². The SMILES string of the molecule is Cc1ccnc(NC(=O)COC(=O)CN2C(=O)C(=O)c3ccccc32)c1. The minimum Gasteiger partial charge on any atom is -0.454 e. The number of nitrogens with one attached hydrogen (secondary N) is 1. The molecule has 8 nitrogen and oxygen atoms in total. The summed E-state index contributed by atoms with van der Waals surface area (Å²) in [6.45, 7) is 0.882. The molecule has 2 aromatic rings. The number of rotatable bonds is 5. The van der Waals surface area contributed by atoms with Gasteiger partial charge in [0.05, 0.1) is 11.3 Å². The van der Waals surface area contributed by atoms with Crippen LogP contribution in [0.4, 0.5) is 11.5 Å². The Morgan fingerprint density at radius 1 is 1.19 bits per heavy atom. The third-order valence-electron chi connectivity index (χ3n) is 3.71. The zero-order valence-corrected chi connectivity index (χ0v) is 13.9. The minimum atomic E-state index is -0.796. The first kappa shape index (κ1) is 17.3. The number of hydrogen-bond acceptors (Lipinski definition) is 6. The summed E-state index contributed by atoms with van der Waals surface area (Å²) in [7, 11) is 0. The number of anilines is 2. The third kappa shape index (κ3) is 3.59. The van der Waals surface area contributed by atoms with Crippen LogP contribution in [0.2, 0.25) is 0 Å². The molecule has 0 spiro atoms. The molecule has 1 aliphatic rings. The number of nitrogens with zero attached hydrogens (tertiary/aromatic N) is 2. The number of para-hydroxylation sites is 1. The second-order valence-corrected chi connectivity index (χ2v) is 5.66. The molecule has 0 radical (unpaired) electrons. The predicted octanol–water partition coefficient (Wildman–Crippen LogP) is 1.10. The van der Waals surface area contributed by atoms with E-state index in [4.69, 9.17) is 4.74 Å². The Balaban J connectivity index is 1.55. The van der Waals surface area contributed by atoms with Gasteiger partial charge < -0.3 is 10.1 Å². The number of Topliss-reactive ketones (excluding diaryl/α,β-unsaturated/α-hetero) is 1. The van der Waals surface area contributed by atoms with Gasteiger partial charge in [-0.05, 0) is 36.8 Å². The van der Waals surface area contributed by atoms with Crippen LogP contribution in [-0.2, 0) is 19.1 Å². The largest absolute Gasteiger partial charge is 0.454 e. The van der Waals surface area contributed by atoms with Crippen LogP contribution in [0.15, 0.2) is 42.6 Å². The van der Waals surface area contributed by atoms with Gasteiger partial charge in [0.25, 0.3) is 17.6 Å². The Morgan fingerprint density at radius 2 is 1.96 bits per heavy atom. The molecule has 8 heteroatoms. The molecule has 1 aromatic heterocycles. The molecular formula is C18H15N3O5. The second-order valence-electron chi connectivity index (χ2n) is 5.66. The van der Waals surface area contributed by atoms with Gasteiger partial charge in [0, 0.05) is 6.20 Å². The molecule has 132 valence electrons. The lowest BCUT2D eigenvalue weighted by atomic mass is 10.1. The fourth-order valence-corrected chi connectivity index (χ4v) is 2.51. The highest BCUT2D eigenvalue weighted by Crippen LogP contribution is 2.28. The molecule has 2 heterocycles. The molecule has 26 heavy (non-hydrogen) atoms. The van der Waals surface area contributed by atoms with E-state index < -0.39 is 36.7 Å². The summed E-state index contributed by atoms with van der Waals surface area (Å²) in [5.74, 6) is -2.47. The highest BCUT2D eigenvalue weighted by Gasteiger charge is 2.36. The maximum Gasteiger partial charge on any atom is 0.326 e. The molecular weight excluding hydrogens is 338 g/mol. The van der Waals surface area contributed by atoms with Crippen molar-refractivity contribution in [3.63, 3.8) is 0 Å². The van der Waals surface area contributed by atoms with Crippen LogP contribution in [0.3, 0.4) is 0 Å². The van der Waals surface area contributed by atoms with Crippen LogP contribution in [0, 0.1) is 6.92 Å². The van der Waals surface area contributed by atoms with Crippen molar-refractivity contribution in [3.8, 4) is 0 Å². The van der Waals surface area contributed by atoms with E-state index in [1.54, 1.807) is 36.5 Å². The number of aryl methyl sites for hydroxylation is 1. The van der Waals surface area contributed by atoms with Crippen LogP contribution in [0.25, 0.3) is 0 Å². The molecule has 3 rings (SSSR count). The van der Waals surface area contributed by atoms with Crippen molar-refractivity contribution in [2.45, 2.75) is 6.92 Å². The minimum absolute atomic E-state index is 0.244. The van der Waals surface area contributed by atoms with Crippen molar-refractivity contribution in [1.29, 1.82) is 0 Å². The van der Waals surface area contributed by atoms with Crippen molar-refractivity contribution in [1.82, 2.24) is 4.98 Å². The van der Waals surface area contributed by atoms with Crippen molar-refractivity contribution in [2.75, 3.05) is 23.4 Å². The standard InChI is InChI=1S/C18H15N3O5/c1-11-6-7-19-14(8-11)20-15(22)10-26-16(23)9-21-13-5-3-2-4-12(13)17(24)18(21)25/h2-8H,9-10H2,1H3,(H,19,20,22). The Labute approximate surface area is 148 Å². The first-order valence-electron chi connectivity index (χ1n) is 7.79. The summed E-state index contributed by atoms with van der Waals surface area (Å²) in [5.41, 5.74) is 1.52. The van der Waals surface area contributed by atoms with Gasteiger partial charge in [0.2, 0.25) is 0 Å². The molecule has 1 aromatic carbocycles. The molecule has 0 saturated carbocycles. The number of pyridine rings is 1. The van der Waals surface area contributed by atoms with Crippen molar-refractivity contribution >= 4 is 35.1 Å². The molecule has 0 fully saturated rings. The number of aromatic nitrogens is 1. The quantitative estimate of drug-likeness (QED) is 0.637. The van der Waals surface area contributed by atoms with Gasteiger partial charge in [0.1, 0.15) is 12.4 Å². The summed E-state index contributed by atoms with van der Waals surface area (Å²) in [5, 5.41) is 2.50. The lowest BCUT2D eigenvalue weighted by molar-refractivity contribution is -0.146. The number of fused-ring (bicyclic) bond motifs is 1. The lowest BCUT2D eigenvalue weighted by Gasteiger charge is -2.15. The van der Waals surface area contributed by atoms with Crippen molar-refractivity contribution in [2.24, 2.45) is 0 Å².